The second-order valence-electron chi connectivity index (χ2n) is 1.72. The van der Waals surface area contributed by atoms with Crippen molar-refractivity contribution in [1.82, 2.24) is 4.98 Å². The Morgan fingerprint density at radius 1 is 1.45 bits per heavy atom. The maximum Gasteiger partial charge on any atom is 0.169 e. The molecule has 0 aliphatic rings. The van der Waals surface area contributed by atoms with E-state index in [0.29, 0.717) is 23.3 Å². The molecule has 0 saturated carbocycles. The molecule has 1 aromatic heterocycles. The summed E-state index contributed by atoms with van der Waals surface area (Å²) in [5, 5.41) is 2.30. The van der Waals surface area contributed by atoms with Crippen molar-refractivity contribution in [3.05, 3.63) is 22.2 Å². The molecule has 56 valence electrons. The number of nitrogens with zero attached hydrogens (tertiary/aromatic N) is 1. The molecule has 0 fully saturated rings. The number of aromatic nitrogens is 1. The summed E-state index contributed by atoms with van der Waals surface area (Å²) in [6.45, 7) is 0. The number of carbonyl (C=O) groups is 2. The highest BCUT2D eigenvalue weighted by Gasteiger charge is 1.94. The van der Waals surface area contributed by atoms with Gasteiger partial charge in [0.25, 0.3) is 0 Å². The number of thiazole rings is 1. The van der Waals surface area contributed by atoms with Crippen molar-refractivity contribution in [3.63, 3.8) is 0 Å². The third kappa shape index (κ3) is 2.09. The van der Waals surface area contributed by atoms with Crippen LogP contribution in [0.15, 0.2) is 11.5 Å². The van der Waals surface area contributed by atoms with Gasteiger partial charge in [0.1, 0.15) is 17.0 Å². The molecule has 0 bridgehead atoms. The van der Waals surface area contributed by atoms with Gasteiger partial charge in [-0.05, 0) is 12.2 Å². The summed E-state index contributed by atoms with van der Waals surface area (Å²) >= 11 is 1.33. The van der Waals surface area contributed by atoms with Gasteiger partial charge in [-0.3, -0.25) is 9.59 Å². The SMILES string of the molecule is O=CC=Cc1nc(C=O)cs1. The lowest BCUT2D eigenvalue weighted by atomic mass is 10.5. The van der Waals surface area contributed by atoms with Crippen LogP contribution >= 0.6 is 11.3 Å². The topological polar surface area (TPSA) is 47.0 Å². The molecule has 0 radical (unpaired) electrons. The first kappa shape index (κ1) is 7.81. The van der Waals surface area contributed by atoms with Gasteiger partial charge in [-0.15, -0.1) is 11.3 Å². The van der Waals surface area contributed by atoms with Gasteiger partial charge in [0.15, 0.2) is 6.29 Å². The number of allylic oxidation sites excluding steroid dienone is 1. The lowest BCUT2D eigenvalue weighted by Gasteiger charge is -1.75. The van der Waals surface area contributed by atoms with E-state index < -0.39 is 0 Å². The van der Waals surface area contributed by atoms with Gasteiger partial charge in [0.05, 0.1) is 0 Å². The Kier molecular flexibility index (Phi) is 2.68. The second-order valence-corrected chi connectivity index (χ2v) is 2.61. The monoisotopic (exact) mass is 167 g/mol. The highest BCUT2D eigenvalue weighted by molar-refractivity contribution is 7.10. The summed E-state index contributed by atoms with van der Waals surface area (Å²) in [5.41, 5.74) is 0.403. The van der Waals surface area contributed by atoms with Crippen LogP contribution in [0.5, 0.6) is 0 Å². The van der Waals surface area contributed by atoms with Crippen LogP contribution in [-0.4, -0.2) is 17.6 Å². The zero-order chi connectivity index (χ0) is 8.10. The Bertz CT molecular complexity index is 290. The lowest BCUT2D eigenvalue weighted by Crippen LogP contribution is -1.77. The molecule has 0 N–H and O–H groups in total. The summed E-state index contributed by atoms with van der Waals surface area (Å²) in [5.74, 6) is 0. The average molecular weight is 167 g/mol. The molecule has 0 aliphatic carbocycles. The predicted octanol–water partition coefficient (Wildman–Crippen LogP) is 1.17. The molecule has 0 spiro atoms. The Hall–Kier alpha value is -1.29. The van der Waals surface area contributed by atoms with Crippen molar-refractivity contribution in [3.8, 4) is 0 Å². The van der Waals surface area contributed by atoms with E-state index in [2.05, 4.69) is 4.98 Å². The van der Waals surface area contributed by atoms with Gasteiger partial charge in [0.2, 0.25) is 0 Å². The predicted molar refractivity (Wildman–Crippen MR) is 42.6 cm³/mol. The molecular formula is C7H5NO2S. The Labute approximate surface area is 67.4 Å². The van der Waals surface area contributed by atoms with Crippen LogP contribution in [-0.2, 0) is 4.79 Å². The van der Waals surface area contributed by atoms with Crippen molar-refractivity contribution in [1.29, 1.82) is 0 Å². The number of hydrogen-bond donors (Lipinski definition) is 0. The van der Waals surface area contributed by atoms with Crippen molar-refractivity contribution >= 4 is 30.0 Å². The van der Waals surface area contributed by atoms with E-state index in [1.54, 1.807) is 11.5 Å². The third-order valence-corrected chi connectivity index (χ3v) is 1.81. The van der Waals surface area contributed by atoms with Crippen molar-refractivity contribution in [2.24, 2.45) is 0 Å². The van der Waals surface area contributed by atoms with E-state index in [0.717, 1.165) is 0 Å². The first-order chi connectivity index (χ1) is 5.36. The van der Waals surface area contributed by atoms with E-state index in [1.807, 2.05) is 0 Å². The molecule has 3 nitrogen and oxygen atoms in total. The van der Waals surface area contributed by atoms with Crippen LogP contribution < -0.4 is 0 Å². The number of rotatable bonds is 3. The van der Waals surface area contributed by atoms with Gasteiger partial charge in [-0.2, -0.15) is 0 Å². The van der Waals surface area contributed by atoms with Gasteiger partial charge in [-0.25, -0.2) is 4.98 Å². The molecule has 1 aromatic rings. The fourth-order valence-corrected chi connectivity index (χ4v) is 1.22. The molecule has 1 rings (SSSR count). The van der Waals surface area contributed by atoms with E-state index in [1.165, 1.54) is 17.4 Å². The van der Waals surface area contributed by atoms with E-state index in [9.17, 15) is 9.59 Å². The zero-order valence-corrected chi connectivity index (χ0v) is 6.38. The number of hydrogen-bond acceptors (Lipinski definition) is 4. The van der Waals surface area contributed by atoms with Crippen LogP contribution in [0.4, 0.5) is 0 Å². The van der Waals surface area contributed by atoms with Crippen LogP contribution in [0.3, 0.4) is 0 Å². The molecule has 0 unspecified atom stereocenters. The summed E-state index contributed by atoms with van der Waals surface area (Å²) in [6, 6.07) is 0. The summed E-state index contributed by atoms with van der Waals surface area (Å²) in [6.07, 6.45) is 4.24. The summed E-state index contributed by atoms with van der Waals surface area (Å²) in [7, 11) is 0. The van der Waals surface area contributed by atoms with E-state index in [-0.39, 0.29) is 0 Å². The highest BCUT2D eigenvalue weighted by Crippen LogP contribution is 2.08. The second kappa shape index (κ2) is 3.78. The molecular weight excluding hydrogens is 162 g/mol. The van der Waals surface area contributed by atoms with Crippen molar-refractivity contribution < 1.29 is 9.59 Å². The van der Waals surface area contributed by atoms with Crippen LogP contribution in [0, 0.1) is 0 Å². The molecule has 4 heteroatoms. The summed E-state index contributed by atoms with van der Waals surface area (Å²) in [4.78, 5) is 23.9. The smallest absolute Gasteiger partial charge is 0.169 e. The highest BCUT2D eigenvalue weighted by atomic mass is 32.1. The van der Waals surface area contributed by atoms with Crippen molar-refractivity contribution in [2.45, 2.75) is 0 Å². The van der Waals surface area contributed by atoms with E-state index in [4.69, 9.17) is 0 Å². The standard InChI is InChI=1S/C7H5NO2S/c9-3-1-2-7-8-6(4-10)5-11-7/h1-5H. The molecule has 0 amide bonds. The maximum atomic E-state index is 10.1. The minimum absolute atomic E-state index is 0.403. The minimum atomic E-state index is 0.403. The minimum Gasteiger partial charge on any atom is -0.299 e. The number of aldehydes is 2. The van der Waals surface area contributed by atoms with Gasteiger partial charge < -0.3 is 0 Å². The Balaban J connectivity index is 2.80. The molecule has 0 aromatic carbocycles. The fraction of sp³-hybridized carbons (Fsp3) is 0. The largest absolute Gasteiger partial charge is 0.299 e. The third-order valence-electron chi connectivity index (χ3n) is 0.978. The first-order valence-corrected chi connectivity index (χ1v) is 3.77. The molecule has 1 heterocycles. The molecule has 11 heavy (non-hydrogen) atoms. The zero-order valence-electron chi connectivity index (χ0n) is 5.56. The van der Waals surface area contributed by atoms with Gasteiger partial charge in [-0.1, -0.05) is 0 Å². The van der Waals surface area contributed by atoms with Gasteiger partial charge in [0, 0.05) is 5.38 Å². The summed E-state index contributed by atoms with van der Waals surface area (Å²) < 4.78 is 0. The molecule has 0 aliphatic heterocycles. The first-order valence-electron chi connectivity index (χ1n) is 2.89. The lowest BCUT2D eigenvalue weighted by molar-refractivity contribution is -0.104. The molecule has 0 saturated heterocycles. The van der Waals surface area contributed by atoms with Crippen LogP contribution in [0.2, 0.25) is 0 Å². The molecule has 0 atom stereocenters. The van der Waals surface area contributed by atoms with Gasteiger partial charge >= 0.3 is 0 Å². The number of carbonyl (C=O) groups excluding carboxylic acids is 2. The average Bonchev–Trinajstić information content (AvgIpc) is 2.48. The Morgan fingerprint density at radius 3 is 2.82 bits per heavy atom. The quantitative estimate of drug-likeness (QED) is 0.501. The normalized spacial score (nSPS) is 10.2. The van der Waals surface area contributed by atoms with Crippen LogP contribution in [0.25, 0.3) is 6.08 Å². The fourth-order valence-electron chi connectivity index (χ4n) is 0.553. The Morgan fingerprint density at radius 2 is 2.27 bits per heavy atom. The maximum absolute atomic E-state index is 10.1. The van der Waals surface area contributed by atoms with E-state index >= 15 is 0 Å². The van der Waals surface area contributed by atoms with Crippen molar-refractivity contribution in [2.75, 3.05) is 0 Å². The van der Waals surface area contributed by atoms with Crippen LogP contribution in [0.1, 0.15) is 15.5 Å².